The van der Waals surface area contributed by atoms with E-state index in [1.54, 1.807) is 12.1 Å². The molecule has 0 saturated carbocycles. The molecule has 166 valence electrons. The molecule has 3 aliphatic rings. The Morgan fingerprint density at radius 3 is 2.38 bits per heavy atom. The van der Waals surface area contributed by atoms with Crippen molar-refractivity contribution in [2.75, 3.05) is 11.4 Å². The molecule has 2 aromatic rings. The van der Waals surface area contributed by atoms with Crippen molar-refractivity contribution in [3.8, 4) is 0 Å². The Balaban J connectivity index is 1.54. The van der Waals surface area contributed by atoms with Crippen LogP contribution >= 0.6 is 0 Å². The van der Waals surface area contributed by atoms with E-state index in [-0.39, 0.29) is 17.5 Å². The summed E-state index contributed by atoms with van der Waals surface area (Å²) in [5.74, 6) is -2.96. The predicted octanol–water partition coefficient (Wildman–Crippen LogP) is 3.85. The van der Waals surface area contributed by atoms with Gasteiger partial charge in [0.2, 0.25) is 11.8 Å². The number of carbonyl (C=O) groups excluding carboxylic acids is 3. The van der Waals surface area contributed by atoms with Gasteiger partial charge in [-0.15, -0.1) is 0 Å². The van der Waals surface area contributed by atoms with E-state index in [9.17, 15) is 27.6 Å². The van der Waals surface area contributed by atoms with Crippen molar-refractivity contribution >= 4 is 23.3 Å². The first-order valence-corrected chi connectivity index (χ1v) is 10.6. The van der Waals surface area contributed by atoms with E-state index in [0.29, 0.717) is 18.5 Å². The summed E-state index contributed by atoms with van der Waals surface area (Å²) in [4.78, 5) is 43.0. The van der Waals surface area contributed by atoms with Gasteiger partial charge in [0.05, 0.1) is 29.1 Å². The number of halogens is 3. The number of anilines is 1. The van der Waals surface area contributed by atoms with Crippen molar-refractivity contribution in [1.29, 1.82) is 0 Å². The van der Waals surface area contributed by atoms with Crippen molar-refractivity contribution in [1.82, 2.24) is 4.90 Å². The number of aryl methyl sites for hydroxylation is 1. The van der Waals surface area contributed by atoms with Crippen LogP contribution in [0.4, 0.5) is 18.9 Å². The molecule has 5 nitrogen and oxygen atoms in total. The number of rotatable bonds is 3. The first kappa shape index (κ1) is 20.9. The Morgan fingerprint density at radius 1 is 1.00 bits per heavy atom. The summed E-state index contributed by atoms with van der Waals surface area (Å²) in [6.07, 6.45) is -3.12. The van der Waals surface area contributed by atoms with Gasteiger partial charge < -0.3 is 0 Å². The molecule has 0 radical (unpaired) electrons. The number of imide groups is 1. The third-order valence-electron chi connectivity index (χ3n) is 6.89. The van der Waals surface area contributed by atoms with Crippen LogP contribution in [0.3, 0.4) is 0 Å². The van der Waals surface area contributed by atoms with Crippen LogP contribution in [-0.2, 0) is 15.8 Å². The molecule has 4 atom stereocenters. The van der Waals surface area contributed by atoms with Crippen molar-refractivity contribution in [2.24, 2.45) is 11.8 Å². The fourth-order valence-corrected chi connectivity index (χ4v) is 5.48. The molecule has 5 rings (SSSR count). The van der Waals surface area contributed by atoms with Crippen LogP contribution in [0.1, 0.15) is 34.3 Å². The molecule has 3 saturated heterocycles. The number of hydrogen-bond donors (Lipinski definition) is 0. The van der Waals surface area contributed by atoms with Gasteiger partial charge in [0.1, 0.15) is 0 Å². The molecule has 0 N–H and O–H groups in total. The van der Waals surface area contributed by atoms with Gasteiger partial charge in [-0.3, -0.25) is 19.3 Å². The van der Waals surface area contributed by atoms with Crippen LogP contribution in [-0.4, -0.2) is 41.1 Å². The molecule has 0 bridgehead atoms. The molecule has 32 heavy (non-hydrogen) atoms. The minimum absolute atomic E-state index is 0.102. The zero-order valence-corrected chi connectivity index (χ0v) is 17.3. The van der Waals surface area contributed by atoms with E-state index < -0.39 is 41.4 Å². The van der Waals surface area contributed by atoms with Crippen LogP contribution in [0, 0.1) is 18.8 Å². The number of hydrogen-bond acceptors (Lipinski definition) is 4. The summed E-state index contributed by atoms with van der Waals surface area (Å²) in [6, 6.07) is 10.2. The van der Waals surface area contributed by atoms with E-state index in [1.165, 1.54) is 12.1 Å². The number of fused-ring (bicyclic) bond motifs is 3. The second-order valence-electron chi connectivity index (χ2n) is 8.73. The Labute approximate surface area is 182 Å². The fraction of sp³-hybridized carbons (Fsp3) is 0.375. The number of amides is 2. The average molecular weight is 442 g/mol. The lowest BCUT2D eigenvalue weighted by Crippen LogP contribution is -2.46. The molecule has 2 amide bonds. The molecular weight excluding hydrogens is 421 g/mol. The molecule has 0 spiro atoms. The molecule has 3 fully saturated rings. The Hall–Kier alpha value is -3.00. The third kappa shape index (κ3) is 3.08. The number of nitrogens with zero attached hydrogens (tertiary/aromatic N) is 2. The van der Waals surface area contributed by atoms with Gasteiger partial charge in [-0.1, -0.05) is 35.9 Å². The first-order chi connectivity index (χ1) is 15.2. The minimum atomic E-state index is -4.59. The zero-order valence-electron chi connectivity index (χ0n) is 17.3. The van der Waals surface area contributed by atoms with E-state index in [2.05, 4.69) is 0 Å². The van der Waals surface area contributed by atoms with E-state index in [4.69, 9.17) is 0 Å². The van der Waals surface area contributed by atoms with Gasteiger partial charge in [-0.2, -0.15) is 13.2 Å². The van der Waals surface area contributed by atoms with E-state index in [1.807, 2.05) is 24.0 Å². The highest BCUT2D eigenvalue weighted by molar-refractivity contribution is 6.24. The van der Waals surface area contributed by atoms with Crippen LogP contribution in [0.15, 0.2) is 48.5 Å². The summed E-state index contributed by atoms with van der Waals surface area (Å²) in [5, 5.41) is 0. The van der Waals surface area contributed by atoms with Gasteiger partial charge in [0.15, 0.2) is 5.78 Å². The maximum Gasteiger partial charge on any atom is 0.416 e. The highest BCUT2D eigenvalue weighted by Gasteiger charge is 2.64. The van der Waals surface area contributed by atoms with Gasteiger partial charge in [0, 0.05) is 11.6 Å². The molecular formula is C24H21F3N2O3. The second-order valence-corrected chi connectivity index (χ2v) is 8.73. The Bertz CT molecular complexity index is 1110. The Kier molecular flexibility index (Phi) is 4.74. The summed E-state index contributed by atoms with van der Waals surface area (Å²) in [7, 11) is 0. The number of carbonyl (C=O) groups is 3. The highest BCUT2D eigenvalue weighted by atomic mass is 19.4. The summed E-state index contributed by atoms with van der Waals surface area (Å²) < 4.78 is 39.6. The molecule has 2 aromatic carbocycles. The standard InChI is InChI=1S/C24H21F3N2O3/c1-13-7-9-14(10-8-13)21(30)20-19-18(17-6-3-11-28(17)20)22(31)29(23(19)32)16-5-2-4-15(12-16)24(25,26)27/h2,4-5,7-10,12,17-20H,3,6,11H2,1H3. The van der Waals surface area contributed by atoms with E-state index >= 15 is 0 Å². The van der Waals surface area contributed by atoms with Gasteiger partial charge in [0.25, 0.3) is 0 Å². The molecule has 4 unspecified atom stereocenters. The molecule has 3 aliphatic heterocycles. The van der Waals surface area contributed by atoms with Gasteiger partial charge in [-0.25, -0.2) is 4.90 Å². The van der Waals surface area contributed by atoms with Crippen molar-refractivity contribution in [2.45, 2.75) is 38.0 Å². The zero-order chi connectivity index (χ0) is 22.8. The third-order valence-corrected chi connectivity index (χ3v) is 6.89. The fourth-order valence-electron chi connectivity index (χ4n) is 5.48. The summed E-state index contributed by atoms with van der Waals surface area (Å²) in [5.41, 5.74) is 0.426. The lowest BCUT2D eigenvalue weighted by atomic mass is 9.85. The number of Topliss-reactive ketones (excluding diaryl/α,β-unsaturated/α-hetero) is 1. The highest BCUT2D eigenvalue weighted by Crippen LogP contribution is 2.48. The molecule has 0 aromatic heterocycles. The maximum absolute atomic E-state index is 13.5. The lowest BCUT2D eigenvalue weighted by molar-refractivity contribution is -0.137. The topological polar surface area (TPSA) is 57.7 Å². The van der Waals surface area contributed by atoms with Crippen LogP contribution in [0.25, 0.3) is 0 Å². The average Bonchev–Trinajstić information content (AvgIpc) is 3.39. The smallest absolute Gasteiger partial charge is 0.292 e. The van der Waals surface area contributed by atoms with Gasteiger partial charge in [-0.05, 0) is 44.5 Å². The Morgan fingerprint density at radius 2 is 1.69 bits per heavy atom. The molecule has 0 aliphatic carbocycles. The monoisotopic (exact) mass is 442 g/mol. The SMILES string of the molecule is Cc1ccc(C(=O)C2C3C(=O)N(c4cccc(C(F)(F)F)c4)C(=O)C3C3CCCN32)cc1. The first-order valence-electron chi connectivity index (χ1n) is 10.6. The van der Waals surface area contributed by atoms with Crippen LogP contribution in [0.5, 0.6) is 0 Å². The van der Waals surface area contributed by atoms with Crippen molar-refractivity contribution < 1.29 is 27.6 Å². The normalized spacial score (nSPS) is 27.7. The number of benzene rings is 2. The minimum Gasteiger partial charge on any atom is -0.292 e. The summed E-state index contributed by atoms with van der Waals surface area (Å²) >= 11 is 0. The summed E-state index contributed by atoms with van der Waals surface area (Å²) in [6.45, 7) is 2.52. The molecule has 8 heteroatoms. The maximum atomic E-state index is 13.5. The number of ketones is 1. The van der Waals surface area contributed by atoms with E-state index in [0.717, 1.165) is 29.0 Å². The number of alkyl halides is 3. The molecule has 3 heterocycles. The van der Waals surface area contributed by atoms with Gasteiger partial charge >= 0.3 is 6.18 Å². The second kappa shape index (κ2) is 7.27. The predicted molar refractivity (Wildman–Crippen MR) is 110 cm³/mol. The van der Waals surface area contributed by atoms with Crippen LogP contribution < -0.4 is 4.90 Å². The quantitative estimate of drug-likeness (QED) is 0.535. The van der Waals surface area contributed by atoms with Crippen molar-refractivity contribution in [3.63, 3.8) is 0 Å². The van der Waals surface area contributed by atoms with Crippen LogP contribution in [0.2, 0.25) is 0 Å². The van der Waals surface area contributed by atoms with Crippen molar-refractivity contribution in [3.05, 3.63) is 65.2 Å². The largest absolute Gasteiger partial charge is 0.416 e. The lowest BCUT2D eigenvalue weighted by Gasteiger charge is -2.27.